The van der Waals surface area contributed by atoms with Gasteiger partial charge in [-0.3, -0.25) is 4.79 Å². The molecule has 0 aliphatic heterocycles. The molecule has 2 aliphatic carbocycles. The van der Waals surface area contributed by atoms with Crippen molar-refractivity contribution in [1.82, 2.24) is 9.97 Å². The second-order valence-electron chi connectivity index (χ2n) is 7.11. The lowest BCUT2D eigenvalue weighted by molar-refractivity contribution is -0.142. The van der Waals surface area contributed by atoms with Crippen LogP contribution in [0.25, 0.3) is 0 Å². The fourth-order valence-electron chi connectivity index (χ4n) is 3.88. The number of hydrogen-bond acceptors (Lipinski definition) is 2. The zero-order chi connectivity index (χ0) is 14.3. The van der Waals surface area contributed by atoms with Gasteiger partial charge in [0.1, 0.15) is 5.82 Å². The third kappa shape index (κ3) is 2.36. The number of hydrogen-bond donors (Lipinski definition) is 2. The minimum Gasteiger partial charge on any atom is -0.481 e. The third-order valence-electron chi connectivity index (χ3n) is 5.25. The number of carbonyl (C=O) groups is 1. The van der Waals surface area contributed by atoms with Crippen molar-refractivity contribution in [1.29, 1.82) is 0 Å². The first kappa shape index (κ1) is 13.7. The van der Waals surface area contributed by atoms with E-state index in [9.17, 15) is 4.79 Å². The molecule has 0 saturated heterocycles. The van der Waals surface area contributed by atoms with Crippen LogP contribution in [-0.4, -0.2) is 21.0 Å². The van der Waals surface area contributed by atoms with Crippen molar-refractivity contribution in [2.75, 3.05) is 0 Å². The van der Waals surface area contributed by atoms with Crippen LogP contribution in [0.5, 0.6) is 0 Å². The molecular formula is C16H24N2O2. The number of aromatic amines is 1. The van der Waals surface area contributed by atoms with Gasteiger partial charge in [-0.2, -0.15) is 0 Å². The van der Waals surface area contributed by atoms with Crippen molar-refractivity contribution >= 4 is 5.97 Å². The van der Waals surface area contributed by atoms with E-state index in [-0.39, 0.29) is 5.92 Å². The van der Waals surface area contributed by atoms with Gasteiger partial charge in [-0.1, -0.05) is 26.7 Å². The van der Waals surface area contributed by atoms with E-state index >= 15 is 0 Å². The molecule has 1 fully saturated rings. The van der Waals surface area contributed by atoms with E-state index in [0.717, 1.165) is 30.1 Å². The molecular weight excluding hydrogens is 252 g/mol. The van der Waals surface area contributed by atoms with Crippen LogP contribution in [0.3, 0.4) is 0 Å². The Morgan fingerprint density at radius 1 is 1.35 bits per heavy atom. The highest BCUT2D eigenvalue weighted by atomic mass is 16.4. The summed E-state index contributed by atoms with van der Waals surface area (Å²) in [6.07, 6.45) is 7.17. The van der Waals surface area contributed by atoms with Crippen molar-refractivity contribution in [3.63, 3.8) is 0 Å². The summed E-state index contributed by atoms with van der Waals surface area (Å²) in [5, 5.41) is 9.17. The minimum absolute atomic E-state index is 0.241. The molecule has 4 heteroatoms. The topological polar surface area (TPSA) is 66.0 Å². The van der Waals surface area contributed by atoms with Crippen LogP contribution < -0.4 is 0 Å². The predicted molar refractivity (Wildman–Crippen MR) is 76.7 cm³/mol. The Morgan fingerprint density at radius 2 is 2.15 bits per heavy atom. The zero-order valence-electron chi connectivity index (χ0n) is 12.4. The van der Waals surface area contributed by atoms with E-state index in [4.69, 9.17) is 10.1 Å². The van der Waals surface area contributed by atoms with E-state index in [1.807, 2.05) is 0 Å². The number of imidazole rings is 1. The lowest BCUT2D eigenvalue weighted by atomic mass is 9.68. The SMILES string of the molecule is CC1(C)CCCCC1c1nc2c([nH]1)CC(C(=O)O)CC2. The molecule has 1 aromatic heterocycles. The maximum Gasteiger partial charge on any atom is 0.306 e. The Labute approximate surface area is 120 Å². The molecule has 2 aliphatic rings. The van der Waals surface area contributed by atoms with Gasteiger partial charge in [0.2, 0.25) is 0 Å². The van der Waals surface area contributed by atoms with Gasteiger partial charge in [-0.25, -0.2) is 4.98 Å². The third-order valence-corrected chi connectivity index (χ3v) is 5.25. The Kier molecular flexibility index (Phi) is 3.35. The number of fused-ring (bicyclic) bond motifs is 1. The summed E-state index contributed by atoms with van der Waals surface area (Å²) in [6, 6.07) is 0. The monoisotopic (exact) mass is 276 g/mol. The first-order chi connectivity index (χ1) is 9.47. The molecule has 1 aromatic rings. The molecule has 0 spiro atoms. The van der Waals surface area contributed by atoms with E-state index in [0.29, 0.717) is 17.8 Å². The molecule has 0 amide bonds. The normalized spacial score (nSPS) is 28.9. The summed E-state index contributed by atoms with van der Waals surface area (Å²) in [5.41, 5.74) is 2.48. The van der Waals surface area contributed by atoms with Gasteiger partial charge in [-0.05, 0) is 31.1 Å². The largest absolute Gasteiger partial charge is 0.481 e. The molecule has 0 radical (unpaired) electrons. The highest BCUT2D eigenvalue weighted by molar-refractivity contribution is 5.70. The number of aryl methyl sites for hydroxylation is 1. The van der Waals surface area contributed by atoms with Gasteiger partial charge in [0.15, 0.2) is 0 Å². The van der Waals surface area contributed by atoms with E-state index in [1.165, 1.54) is 25.7 Å². The maximum absolute atomic E-state index is 11.1. The summed E-state index contributed by atoms with van der Waals surface area (Å²) in [7, 11) is 0. The lowest BCUT2D eigenvalue weighted by Gasteiger charge is -2.37. The summed E-state index contributed by atoms with van der Waals surface area (Å²) in [5.74, 6) is 0.677. The number of carboxylic acids is 1. The smallest absolute Gasteiger partial charge is 0.306 e. The summed E-state index contributed by atoms with van der Waals surface area (Å²) >= 11 is 0. The number of aromatic nitrogens is 2. The van der Waals surface area contributed by atoms with Crippen LogP contribution in [0, 0.1) is 11.3 Å². The predicted octanol–water partition coefficient (Wildman–Crippen LogP) is 3.28. The number of aliphatic carboxylic acids is 1. The second kappa shape index (κ2) is 4.90. The molecule has 0 bridgehead atoms. The molecule has 1 heterocycles. The first-order valence-corrected chi connectivity index (χ1v) is 7.78. The molecule has 0 aromatic carbocycles. The summed E-state index contributed by atoms with van der Waals surface area (Å²) in [4.78, 5) is 19.4. The van der Waals surface area contributed by atoms with Crippen molar-refractivity contribution in [2.45, 2.75) is 64.7 Å². The van der Waals surface area contributed by atoms with Crippen molar-refractivity contribution in [3.8, 4) is 0 Å². The van der Waals surface area contributed by atoms with Crippen LogP contribution in [-0.2, 0) is 17.6 Å². The Morgan fingerprint density at radius 3 is 2.85 bits per heavy atom. The minimum atomic E-state index is -0.676. The van der Waals surface area contributed by atoms with Gasteiger partial charge in [0.05, 0.1) is 11.6 Å². The maximum atomic E-state index is 11.1. The molecule has 2 N–H and O–H groups in total. The fourth-order valence-corrected chi connectivity index (χ4v) is 3.88. The highest BCUT2D eigenvalue weighted by Gasteiger charge is 2.36. The molecule has 110 valence electrons. The van der Waals surface area contributed by atoms with Gasteiger partial charge in [-0.15, -0.1) is 0 Å². The van der Waals surface area contributed by atoms with Gasteiger partial charge in [0.25, 0.3) is 0 Å². The van der Waals surface area contributed by atoms with Crippen LogP contribution in [0.2, 0.25) is 0 Å². The van der Waals surface area contributed by atoms with Gasteiger partial charge >= 0.3 is 5.97 Å². The number of rotatable bonds is 2. The van der Waals surface area contributed by atoms with E-state index in [2.05, 4.69) is 18.8 Å². The average Bonchev–Trinajstić information content (AvgIpc) is 2.80. The molecule has 1 saturated carbocycles. The molecule has 20 heavy (non-hydrogen) atoms. The number of nitrogens with one attached hydrogen (secondary N) is 1. The number of nitrogens with zero attached hydrogens (tertiary/aromatic N) is 1. The number of H-pyrrole nitrogens is 1. The van der Waals surface area contributed by atoms with Crippen LogP contribution in [0.15, 0.2) is 0 Å². The van der Waals surface area contributed by atoms with Crippen LogP contribution >= 0.6 is 0 Å². The highest BCUT2D eigenvalue weighted by Crippen LogP contribution is 2.46. The summed E-state index contributed by atoms with van der Waals surface area (Å²) in [6.45, 7) is 4.66. The first-order valence-electron chi connectivity index (χ1n) is 7.78. The van der Waals surface area contributed by atoms with Crippen molar-refractivity contribution < 1.29 is 9.90 Å². The molecule has 2 atom stereocenters. The lowest BCUT2D eigenvalue weighted by Crippen LogP contribution is -2.26. The number of carboxylic acid groups (broad SMARTS) is 1. The summed E-state index contributed by atoms with van der Waals surface area (Å²) < 4.78 is 0. The van der Waals surface area contributed by atoms with E-state index in [1.54, 1.807) is 0 Å². The Balaban J connectivity index is 1.85. The standard InChI is InChI=1S/C16H24N2O2/c1-16(2)8-4-3-5-11(16)14-17-12-7-6-10(15(19)20)9-13(12)18-14/h10-11H,3-9H2,1-2H3,(H,17,18)(H,19,20). The van der Waals surface area contributed by atoms with Crippen molar-refractivity contribution in [3.05, 3.63) is 17.2 Å². The quantitative estimate of drug-likeness (QED) is 0.871. The second-order valence-corrected chi connectivity index (χ2v) is 7.11. The fraction of sp³-hybridized carbons (Fsp3) is 0.750. The van der Waals surface area contributed by atoms with Gasteiger partial charge < -0.3 is 10.1 Å². The molecule has 4 nitrogen and oxygen atoms in total. The average molecular weight is 276 g/mol. The van der Waals surface area contributed by atoms with Gasteiger partial charge in [0, 0.05) is 18.0 Å². The Hall–Kier alpha value is -1.32. The van der Waals surface area contributed by atoms with Crippen LogP contribution in [0.1, 0.15) is 69.1 Å². The van der Waals surface area contributed by atoms with Crippen LogP contribution in [0.4, 0.5) is 0 Å². The van der Waals surface area contributed by atoms with Crippen molar-refractivity contribution in [2.24, 2.45) is 11.3 Å². The molecule has 3 rings (SSSR count). The van der Waals surface area contributed by atoms with E-state index < -0.39 is 5.97 Å². The zero-order valence-corrected chi connectivity index (χ0v) is 12.4. The molecule has 2 unspecified atom stereocenters. The Bertz CT molecular complexity index is 519.